The standard InChI is InChI=1S/C39H44ClN5O17S/c1-20(46)56-33-34(57-21(2)47)36(58-22(3)48)39(60-35(33)38(50)54-6)59-29-10-7-23(37(49)45(4)12-14-55-13-11-43-44-41)15-31(29)62-63(51,52)61-30-17-28-32(24(18-40)19-42-28)27-16-25(53-5)8-9-26(27)30/h7-10,15-17,24,33-36,39,42H,11-14,18-19H2,1-6H3/t24-,33?,34+,35+,36?,39-/m1/s1. The molecule has 2 aliphatic heterocycles. The van der Waals surface area contributed by atoms with Crippen molar-refractivity contribution in [2.75, 3.05) is 65.3 Å². The maximum atomic E-state index is 14.0. The second-order valence-corrected chi connectivity index (χ2v) is 15.3. The number of hydrogen-bond acceptors (Lipinski definition) is 19. The lowest BCUT2D eigenvalue weighted by atomic mass is 9.95. The fraction of sp³-hybridized carbons (Fsp3) is 0.462. The first-order valence-corrected chi connectivity index (χ1v) is 20.9. The van der Waals surface area contributed by atoms with Gasteiger partial charge < -0.3 is 56.5 Å². The van der Waals surface area contributed by atoms with Crippen LogP contribution in [0.3, 0.4) is 0 Å². The van der Waals surface area contributed by atoms with E-state index in [0.717, 1.165) is 45.6 Å². The van der Waals surface area contributed by atoms with Crippen LogP contribution in [0.4, 0.5) is 5.69 Å². The average Bonchev–Trinajstić information content (AvgIpc) is 3.66. The zero-order chi connectivity index (χ0) is 46.0. The molecule has 0 bridgehead atoms. The molecule has 0 radical (unpaired) electrons. The normalized spacial score (nSPS) is 20.2. The van der Waals surface area contributed by atoms with Gasteiger partial charge in [0.1, 0.15) is 5.75 Å². The van der Waals surface area contributed by atoms with Crippen molar-refractivity contribution in [1.82, 2.24) is 4.90 Å². The van der Waals surface area contributed by atoms with Crippen molar-refractivity contribution in [3.05, 3.63) is 64.0 Å². The van der Waals surface area contributed by atoms with Crippen molar-refractivity contribution in [2.24, 2.45) is 5.11 Å². The molecule has 0 aromatic heterocycles. The van der Waals surface area contributed by atoms with Gasteiger partial charge in [0.2, 0.25) is 12.4 Å². The number of rotatable bonds is 19. The molecule has 3 aromatic rings. The van der Waals surface area contributed by atoms with Gasteiger partial charge in [-0.1, -0.05) is 5.11 Å². The molecule has 5 rings (SSSR count). The van der Waals surface area contributed by atoms with Crippen LogP contribution in [0.2, 0.25) is 0 Å². The number of hydrogen-bond donors (Lipinski definition) is 1. The quantitative estimate of drug-likeness (QED) is 0.0341. The lowest BCUT2D eigenvalue weighted by Gasteiger charge is -2.43. The number of esters is 4. The SMILES string of the molecule is COC(=O)[C@H]1O[C@@H](Oc2ccc(C(=O)N(C)CCOCCN=[N+]=[N-])cc2OS(=O)(=O)Oc2cc3c(c4cc(OC)ccc24)[C@H](CCl)CN3)C(OC(C)=O)[C@@H](OC(C)=O)C1OC(C)=O. The molecule has 0 saturated carbocycles. The van der Waals surface area contributed by atoms with Crippen molar-refractivity contribution < 1.29 is 78.7 Å². The van der Waals surface area contributed by atoms with Gasteiger partial charge in [-0.25, -0.2) is 4.79 Å². The molecule has 2 unspecified atom stereocenters. The van der Waals surface area contributed by atoms with Crippen molar-refractivity contribution in [1.29, 1.82) is 0 Å². The smallest absolute Gasteiger partial charge is 0.497 e. The molecule has 1 saturated heterocycles. The number of nitrogens with one attached hydrogen (secondary N) is 1. The van der Waals surface area contributed by atoms with Crippen LogP contribution in [-0.4, -0.2) is 134 Å². The predicted molar refractivity (Wildman–Crippen MR) is 219 cm³/mol. The number of ether oxygens (including phenoxy) is 8. The van der Waals surface area contributed by atoms with Crippen molar-refractivity contribution in [3.8, 4) is 23.0 Å². The summed E-state index contributed by atoms with van der Waals surface area (Å²) in [7, 11) is -1.24. The minimum atomic E-state index is -5.16. The van der Waals surface area contributed by atoms with Crippen LogP contribution >= 0.6 is 11.6 Å². The number of benzene rings is 3. The van der Waals surface area contributed by atoms with E-state index in [-0.39, 0.29) is 49.4 Å². The third-order valence-corrected chi connectivity index (χ3v) is 10.6. The van der Waals surface area contributed by atoms with Gasteiger partial charge in [-0.3, -0.25) is 19.2 Å². The van der Waals surface area contributed by atoms with E-state index in [1.165, 1.54) is 31.2 Å². The van der Waals surface area contributed by atoms with Gasteiger partial charge in [0.25, 0.3) is 5.91 Å². The highest BCUT2D eigenvalue weighted by atomic mass is 35.5. The fourth-order valence-electron chi connectivity index (χ4n) is 6.76. The topological polar surface area (TPSA) is 276 Å². The van der Waals surface area contributed by atoms with Crippen molar-refractivity contribution in [3.63, 3.8) is 0 Å². The van der Waals surface area contributed by atoms with Gasteiger partial charge in [-0.05, 0) is 52.9 Å². The monoisotopic (exact) mass is 921 g/mol. The molecule has 24 heteroatoms. The summed E-state index contributed by atoms with van der Waals surface area (Å²) in [5.74, 6) is -5.31. The number of nitrogens with zero attached hydrogens (tertiary/aromatic N) is 4. The molecule has 63 heavy (non-hydrogen) atoms. The molecule has 2 heterocycles. The first-order valence-electron chi connectivity index (χ1n) is 19.0. The van der Waals surface area contributed by atoms with E-state index in [9.17, 15) is 32.4 Å². The maximum Gasteiger partial charge on any atom is 0.501 e. The fourth-order valence-corrected chi connectivity index (χ4v) is 7.76. The maximum absolute atomic E-state index is 14.0. The number of fused-ring (bicyclic) bond motifs is 3. The zero-order valence-corrected chi connectivity index (χ0v) is 36.3. The Labute approximate surface area is 365 Å². The molecule has 0 spiro atoms. The van der Waals surface area contributed by atoms with E-state index < -0.39 is 82.4 Å². The molecule has 1 fully saturated rings. The highest BCUT2D eigenvalue weighted by molar-refractivity contribution is 7.82. The van der Waals surface area contributed by atoms with E-state index in [1.54, 1.807) is 18.2 Å². The van der Waals surface area contributed by atoms with Crippen molar-refractivity contribution in [2.45, 2.75) is 57.4 Å². The minimum Gasteiger partial charge on any atom is -0.497 e. The molecular weight excluding hydrogens is 878 g/mol. The van der Waals surface area contributed by atoms with E-state index in [4.69, 9.17) is 63.4 Å². The van der Waals surface area contributed by atoms with E-state index in [0.29, 0.717) is 28.8 Å². The van der Waals surface area contributed by atoms with E-state index in [1.807, 2.05) is 0 Å². The third kappa shape index (κ3) is 11.8. The highest BCUT2D eigenvalue weighted by Crippen LogP contribution is 2.44. The molecule has 340 valence electrons. The highest BCUT2D eigenvalue weighted by Gasteiger charge is 2.56. The van der Waals surface area contributed by atoms with Gasteiger partial charge in [0, 0.05) is 86.9 Å². The number of likely N-dealkylation sites (N-methyl/N-ethyl adjacent to an activating group) is 1. The number of carbonyl (C=O) groups excluding carboxylic acids is 5. The van der Waals surface area contributed by atoms with Crippen LogP contribution in [0, 0.1) is 0 Å². The van der Waals surface area contributed by atoms with Crippen LogP contribution in [0.1, 0.15) is 42.6 Å². The van der Waals surface area contributed by atoms with E-state index in [2.05, 4.69) is 15.3 Å². The first-order chi connectivity index (χ1) is 30.0. The minimum absolute atomic E-state index is 0.0484. The van der Waals surface area contributed by atoms with Gasteiger partial charge >= 0.3 is 34.3 Å². The Morgan fingerprint density at radius 2 is 1.57 bits per heavy atom. The third-order valence-electron chi connectivity index (χ3n) is 9.45. The summed E-state index contributed by atoms with van der Waals surface area (Å²) in [6.07, 6.45) is -9.08. The van der Waals surface area contributed by atoms with Crippen molar-refractivity contribution >= 4 is 68.2 Å². The molecule has 1 amide bonds. The van der Waals surface area contributed by atoms with Crippen LogP contribution in [-0.2, 0) is 58.0 Å². The van der Waals surface area contributed by atoms with Crippen LogP contribution in [0.15, 0.2) is 47.6 Å². The summed E-state index contributed by atoms with van der Waals surface area (Å²) in [6.45, 7) is 3.73. The number of halogens is 1. The van der Waals surface area contributed by atoms with Gasteiger partial charge in [-0.2, -0.15) is 0 Å². The number of amides is 1. The summed E-state index contributed by atoms with van der Waals surface area (Å²) < 4.78 is 82.9. The predicted octanol–water partition coefficient (Wildman–Crippen LogP) is 3.77. The number of anilines is 1. The number of azide groups is 1. The van der Waals surface area contributed by atoms with E-state index >= 15 is 0 Å². The Balaban J connectivity index is 1.57. The second kappa shape index (κ2) is 21.2. The van der Waals surface area contributed by atoms with Gasteiger partial charge in [-0.15, -0.1) is 20.0 Å². The number of alkyl halides is 1. The zero-order valence-electron chi connectivity index (χ0n) is 34.8. The molecule has 2 aliphatic rings. The van der Waals surface area contributed by atoms with Crippen LogP contribution in [0.25, 0.3) is 21.2 Å². The van der Waals surface area contributed by atoms with Gasteiger partial charge in [0.05, 0.1) is 27.4 Å². The summed E-state index contributed by atoms with van der Waals surface area (Å²) in [5, 5.41) is 7.53. The Kier molecular flexibility index (Phi) is 16.1. The summed E-state index contributed by atoms with van der Waals surface area (Å²) in [4.78, 5) is 67.6. The number of carbonyl (C=O) groups is 5. The van der Waals surface area contributed by atoms with Crippen LogP contribution in [0.5, 0.6) is 23.0 Å². The summed E-state index contributed by atoms with van der Waals surface area (Å²) >= 11 is 6.28. The van der Waals surface area contributed by atoms with Gasteiger partial charge in [0.15, 0.2) is 35.6 Å². The number of methoxy groups -OCH3 is 2. The molecule has 22 nitrogen and oxygen atoms in total. The lowest BCUT2D eigenvalue weighted by Crippen LogP contribution is -2.64. The Morgan fingerprint density at radius 1 is 0.889 bits per heavy atom. The molecule has 6 atom stereocenters. The molecule has 0 aliphatic carbocycles. The molecular formula is C39H44ClN5O17S. The summed E-state index contributed by atoms with van der Waals surface area (Å²) in [5.41, 5.74) is 9.71. The largest absolute Gasteiger partial charge is 0.501 e. The molecule has 3 aromatic carbocycles. The first kappa shape index (κ1) is 47.8. The summed E-state index contributed by atoms with van der Waals surface area (Å²) in [6, 6.07) is 9.77. The Morgan fingerprint density at radius 3 is 2.22 bits per heavy atom. The Hall–Kier alpha value is -6.26. The lowest BCUT2D eigenvalue weighted by molar-refractivity contribution is -0.282. The second-order valence-electron chi connectivity index (χ2n) is 13.8. The van der Waals surface area contributed by atoms with Crippen LogP contribution < -0.4 is 23.2 Å². The average molecular weight is 922 g/mol. The molecule has 1 N–H and O–H groups in total. The Bertz CT molecular complexity index is 2380.